The van der Waals surface area contributed by atoms with Crippen molar-refractivity contribution in [3.63, 3.8) is 0 Å². The number of hydrogen-bond donors (Lipinski definition) is 0. The second kappa shape index (κ2) is 24.7. The predicted molar refractivity (Wildman–Crippen MR) is 113 cm³/mol. The van der Waals surface area contributed by atoms with E-state index in [1.165, 1.54) is 0 Å². The molecule has 0 aliphatic carbocycles. The molecule has 0 unspecified atom stereocenters. The van der Waals surface area contributed by atoms with Crippen molar-refractivity contribution >= 4 is 37.1 Å². The van der Waals surface area contributed by atoms with Crippen LogP contribution in [0.4, 0.5) is 0 Å². The molecule has 0 aromatic rings. The van der Waals surface area contributed by atoms with Gasteiger partial charge in [0.25, 0.3) is 0 Å². The molecule has 0 aliphatic heterocycles. The molecule has 0 saturated heterocycles. The Morgan fingerprint density at radius 1 is 0.607 bits per heavy atom. The Balaban J connectivity index is -0.000000410. The van der Waals surface area contributed by atoms with Gasteiger partial charge < -0.3 is 27.9 Å². The van der Waals surface area contributed by atoms with Crippen LogP contribution in [0.2, 0.25) is 0 Å². The van der Waals surface area contributed by atoms with Crippen molar-refractivity contribution in [1.29, 1.82) is 0 Å². The number of hydrogen-bond acceptors (Lipinski definition) is 9. The van der Waals surface area contributed by atoms with Gasteiger partial charge in [-0.25, -0.2) is 0 Å². The molecular formula is C16H36O7P2S2V. The molecule has 169 valence electrons. The molecule has 0 atom stereocenters. The first-order valence-electron chi connectivity index (χ1n) is 9.63. The normalized spacial score (nSPS) is 11.3. The molecule has 0 fully saturated rings. The van der Waals surface area contributed by atoms with E-state index in [1.807, 2.05) is 27.7 Å². The van der Waals surface area contributed by atoms with Gasteiger partial charge in [-0.3, -0.25) is 0 Å². The fraction of sp³-hybridized carbons (Fsp3) is 1.00. The van der Waals surface area contributed by atoms with Crippen LogP contribution in [0.15, 0.2) is 0 Å². The van der Waals surface area contributed by atoms with E-state index in [-0.39, 0.29) is 0 Å². The van der Waals surface area contributed by atoms with Crippen molar-refractivity contribution in [3.05, 3.63) is 0 Å². The van der Waals surface area contributed by atoms with Crippen LogP contribution in [0.1, 0.15) is 79.1 Å². The third kappa shape index (κ3) is 29.6. The number of unbranched alkanes of at least 4 members (excludes halogenated alkanes) is 4. The van der Waals surface area contributed by atoms with Crippen molar-refractivity contribution in [2.45, 2.75) is 79.1 Å². The summed E-state index contributed by atoms with van der Waals surface area (Å²) in [5.74, 6) is 0. The number of rotatable bonds is 16. The summed E-state index contributed by atoms with van der Waals surface area (Å²) >= 11 is 10.4. The second-order valence-electron chi connectivity index (χ2n) is 5.64. The molecule has 0 heterocycles. The molecular weight excluding hydrogens is 481 g/mol. The van der Waals surface area contributed by atoms with Gasteiger partial charge in [-0.05, 0) is 25.7 Å². The van der Waals surface area contributed by atoms with Crippen LogP contribution < -0.4 is 9.79 Å². The van der Waals surface area contributed by atoms with Gasteiger partial charge in [0.05, 0.1) is 26.4 Å². The van der Waals surface area contributed by atoms with Gasteiger partial charge in [0, 0.05) is 0 Å². The van der Waals surface area contributed by atoms with Crippen LogP contribution in [0, 0.1) is 0 Å². The summed E-state index contributed by atoms with van der Waals surface area (Å²) in [7, 11) is 0. The van der Waals surface area contributed by atoms with Crippen LogP contribution in [-0.4, -0.2) is 26.4 Å². The fourth-order valence-corrected chi connectivity index (χ4v) is 3.81. The first-order chi connectivity index (χ1) is 13.2. The van der Waals surface area contributed by atoms with Gasteiger partial charge >= 0.3 is 21.0 Å². The van der Waals surface area contributed by atoms with E-state index in [2.05, 4.69) is 23.6 Å². The van der Waals surface area contributed by atoms with Crippen molar-refractivity contribution in [2.75, 3.05) is 26.4 Å². The first kappa shape index (κ1) is 34.1. The Morgan fingerprint density at radius 2 is 0.786 bits per heavy atom. The van der Waals surface area contributed by atoms with E-state index in [4.69, 9.17) is 21.8 Å². The predicted octanol–water partition coefficient (Wildman–Crippen LogP) is 4.29. The summed E-state index contributed by atoms with van der Waals surface area (Å²) in [4.78, 5) is 22.7. The Hall–Kier alpha value is 1.44. The second-order valence-corrected chi connectivity index (χ2v) is 11.1. The zero-order valence-corrected chi connectivity index (χ0v) is 22.3. The standard InChI is InChI=1S/2C8H19O3PS.O.V/c2*1-3-5-7-10-12(9,13)11-8-6-4-2;;/h2*3-8H2,1-2H3,(H,9,13);;/q;;;+2/p-2. The van der Waals surface area contributed by atoms with Gasteiger partial charge in [-0.1, -0.05) is 77.0 Å². The average Bonchev–Trinajstić information content (AvgIpc) is 2.64. The molecule has 0 spiro atoms. The van der Waals surface area contributed by atoms with Gasteiger partial charge in [0.15, 0.2) is 0 Å². The van der Waals surface area contributed by atoms with Crippen LogP contribution in [0.25, 0.3) is 0 Å². The molecule has 0 rings (SSSR count). The SMILES string of the molecule is CCCCOP([O-])(=S)OCCCC.CCCCOP([O-])(=S)OCCCC.[O]=[V+2]. The minimum atomic E-state index is -3.17. The maximum absolute atomic E-state index is 11.3. The zero-order chi connectivity index (χ0) is 22.3. The van der Waals surface area contributed by atoms with E-state index in [9.17, 15) is 9.79 Å². The topological polar surface area (TPSA) is 100 Å². The zero-order valence-electron chi connectivity index (χ0n) is 17.5. The first-order valence-corrected chi connectivity index (χ1v) is 15.3. The third-order valence-corrected chi connectivity index (χ3v) is 6.25. The minimum absolute atomic E-state index is 0.434. The van der Waals surface area contributed by atoms with Crippen molar-refractivity contribution in [1.82, 2.24) is 0 Å². The fourth-order valence-electron chi connectivity index (χ4n) is 1.36. The Morgan fingerprint density at radius 3 is 0.929 bits per heavy atom. The molecule has 0 amide bonds. The van der Waals surface area contributed by atoms with Gasteiger partial charge in [0.2, 0.25) is 0 Å². The molecule has 0 aliphatic rings. The summed E-state index contributed by atoms with van der Waals surface area (Å²) in [5, 5.41) is 0. The molecule has 0 bridgehead atoms. The molecule has 0 aromatic carbocycles. The molecule has 0 N–H and O–H groups in total. The van der Waals surface area contributed by atoms with Crippen LogP contribution in [-0.2, 0) is 62.8 Å². The maximum atomic E-state index is 11.3. The van der Waals surface area contributed by atoms with Gasteiger partial charge in [0.1, 0.15) is 13.4 Å². The van der Waals surface area contributed by atoms with Crippen molar-refractivity contribution in [2.24, 2.45) is 0 Å². The molecule has 0 saturated carbocycles. The Labute approximate surface area is 191 Å². The summed E-state index contributed by atoms with van der Waals surface area (Å²) < 4.78 is 28.0. The summed E-state index contributed by atoms with van der Waals surface area (Å²) in [6, 6.07) is 0. The molecule has 12 heteroatoms. The summed E-state index contributed by atoms with van der Waals surface area (Å²) in [6.07, 6.45) is 7.51. The molecule has 7 nitrogen and oxygen atoms in total. The quantitative estimate of drug-likeness (QED) is 0.219. The van der Waals surface area contributed by atoms with Crippen LogP contribution in [0.3, 0.4) is 0 Å². The van der Waals surface area contributed by atoms with Crippen molar-refractivity contribution < 1.29 is 48.9 Å². The Kier molecular flexibility index (Phi) is 30.1. The van der Waals surface area contributed by atoms with Gasteiger partial charge in [-0.2, -0.15) is 0 Å². The van der Waals surface area contributed by atoms with Crippen LogP contribution in [0.5, 0.6) is 0 Å². The molecule has 0 radical (unpaired) electrons. The molecule has 28 heavy (non-hydrogen) atoms. The van der Waals surface area contributed by atoms with Crippen molar-refractivity contribution in [3.8, 4) is 0 Å². The summed E-state index contributed by atoms with van der Waals surface area (Å²) in [5.41, 5.74) is 0. The van der Waals surface area contributed by atoms with E-state index >= 15 is 0 Å². The average molecular weight is 517 g/mol. The monoisotopic (exact) mass is 517 g/mol. The van der Waals surface area contributed by atoms with E-state index < -0.39 is 13.4 Å². The van der Waals surface area contributed by atoms with E-state index in [0.29, 0.717) is 26.4 Å². The molecule has 0 aromatic heterocycles. The van der Waals surface area contributed by atoms with E-state index in [1.54, 1.807) is 0 Å². The van der Waals surface area contributed by atoms with E-state index in [0.717, 1.165) is 68.7 Å². The third-order valence-electron chi connectivity index (χ3n) is 2.99. The van der Waals surface area contributed by atoms with Gasteiger partial charge in [-0.15, -0.1) is 0 Å². The van der Waals surface area contributed by atoms with Crippen LogP contribution >= 0.6 is 13.4 Å². The Bertz CT molecular complexity index is 356. The summed E-state index contributed by atoms with van der Waals surface area (Å²) in [6.45, 7) is 3.55.